The van der Waals surface area contributed by atoms with Crippen LogP contribution in [0, 0.1) is 13.8 Å². The number of benzene rings is 3. The van der Waals surface area contributed by atoms with Gasteiger partial charge in [0, 0.05) is 42.7 Å². The molecule has 2 aliphatic heterocycles. The molecule has 0 saturated carbocycles. The highest BCUT2D eigenvalue weighted by atomic mass is 32.2. The molecule has 3 atom stereocenters. The van der Waals surface area contributed by atoms with E-state index in [1.165, 1.54) is 57.2 Å². The molecule has 372 valence electrons. The molecule has 0 saturated heterocycles. The number of carboxylic acids is 1. The van der Waals surface area contributed by atoms with E-state index in [-0.39, 0.29) is 62.9 Å². The maximum absolute atomic E-state index is 15.0. The predicted molar refractivity (Wildman–Crippen MR) is 240 cm³/mol. The molecule has 2 aromatic carbocycles. The Hall–Kier alpha value is -5.64. The number of aryl methyl sites for hydroxylation is 2. The average molecular weight is 1050 g/mol. The lowest BCUT2D eigenvalue weighted by molar-refractivity contribution is -0.131. The van der Waals surface area contributed by atoms with Gasteiger partial charge in [0.25, 0.3) is 30.4 Å². The van der Waals surface area contributed by atoms with E-state index in [0.717, 1.165) is 0 Å². The van der Waals surface area contributed by atoms with Crippen LogP contribution in [0.1, 0.15) is 35.3 Å². The van der Waals surface area contributed by atoms with E-state index >= 15 is 8.42 Å². The molecule has 0 radical (unpaired) electrons. The third kappa shape index (κ3) is 12.3. The standard InChI is InChI=1S/C37H45N7O19S5/c1-5-38-28-18(3)13-22-27(20-9-7-8-10-21(20)37(48)49)23-14-19(4)29(39-6-2)33-31(23)63-30(22)32(28)67(59,60)41-12-11-40-34(45)24(15-64(50,51)52)42-35(46)25(16-65(53,54)55)43-36(47)26(17-66(56,57)58)44-68(33,61)62/h7-10,13-14,24-26,39,41,44H,5-6,11-12,15-17H2,1-4H3,(H,40,45)(H,42,46)(H,43,47)(H,48,49)(H,50,51,52)(H,53,54,55)(H,56,57,58). The molecule has 3 aliphatic rings. The van der Waals surface area contributed by atoms with Crippen LogP contribution in [0.3, 0.4) is 0 Å². The number of aromatic carboxylic acids is 1. The fourth-order valence-corrected chi connectivity index (χ4v) is 12.3. The minimum Gasteiger partial charge on any atom is -0.478 e. The molecule has 2 bridgehead atoms. The first kappa shape index (κ1) is 53.3. The summed E-state index contributed by atoms with van der Waals surface area (Å²) in [5.74, 6) is -12.5. The normalized spacial score (nSPS) is 20.2. The van der Waals surface area contributed by atoms with Crippen molar-refractivity contribution in [1.29, 1.82) is 0 Å². The molecule has 5 rings (SSSR count). The number of hydrogen-bond donors (Lipinski definition) is 10. The Kier molecular flexibility index (Phi) is 15.8. The Morgan fingerprint density at radius 1 is 0.765 bits per heavy atom. The van der Waals surface area contributed by atoms with Crippen molar-refractivity contribution in [3.8, 4) is 22.5 Å². The summed E-state index contributed by atoms with van der Waals surface area (Å²) in [6.07, 6.45) is 0. The number of amides is 3. The topological polar surface area (TPSA) is 418 Å². The molecule has 26 nitrogen and oxygen atoms in total. The van der Waals surface area contributed by atoms with Crippen LogP contribution in [0.25, 0.3) is 33.4 Å². The Labute approximate surface area is 389 Å². The maximum atomic E-state index is 15.0. The van der Waals surface area contributed by atoms with Gasteiger partial charge in [-0.3, -0.25) is 33.0 Å². The lowest BCUT2D eigenvalue weighted by Gasteiger charge is -2.26. The number of carbonyl (C=O) groups is 4. The molecular formula is C37H45N7O19S5. The zero-order valence-electron chi connectivity index (χ0n) is 36.0. The molecule has 0 fully saturated rings. The van der Waals surface area contributed by atoms with E-state index in [1.807, 2.05) is 0 Å². The molecule has 3 amide bonds. The lowest BCUT2D eigenvalue weighted by Crippen LogP contribution is -2.60. The first-order chi connectivity index (χ1) is 31.4. The second kappa shape index (κ2) is 20.1. The van der Waals surface area contributed by atoms with Gasteiger partial charge in [-0.1, -0.05) is 18.2 Å². The molecule has 0 aromatic heterocycles. The third-order valence-corrected chi connectivity index (χ3v) is 15.2. The van der Waals surface area contributed by atoms with Gasteiger partial charge >= 0.3 is 5.97 Å². The van der Waals surface area contributed by atoms with Gasteiger partial charge in [-0.15, -0.1) is 0 Å². The van der Waals surface area contributed by atoms with Crippen LogP contribution in [0.4, 0.5) is 5.69 Å². The average Bonchev–Trinajstić information content (AvgIpc) is 3.19. The monoisotopic (exact) mass is 1050 g/mol. The van der Waals surface area contributed by atoms with Crippen molar-refractivity contribution in [3.05, 3.63) is 58.4 Å². The summed E-state index contributed by atoms with van der Waals surface area (Å²) in [4.78, 5) is 56.3. The molecule has 0 spiro atoms. The van der Waals surface area contributed by atoms with Crippen molar-refractivity contribution >= 4 is 90.7 Å². The summed E-state index contributed by atoms with van der Waals surface area (Å²) in [5.41, 5.74) is -1.46. The van der Waals surface area contributed by atoms with Gasteiger partial charge in [-0.05, 0) is 62.6 Å². The van der Waals surface area contributed by atoms with E-state index in [2.05, 4.69) is 20.3 Å². The highest BCUT2D eigenvalue weighted by Crippen LogP contribution is 2.47. The van der Waals surface area contributed by atoms with Crippen LogP contribution in [-0.4, -0.2) is 146 Å². The van der Waals surface area contributed by atoms with E-state index in [4.69, 9.17) is 4.42 Å². The second-order valence-electron chi connectivity index (χ2n) is 15.1. The van der Waals surface area contributed by atoms with Gasteiger partial charge in [-0.25, -0.2) is 26.4 Å². The molecule has 2 heterocycles. The molecule has 1 aliphatic carbocycles. The fourth-order valence-electron chi connectivity index (χ4n) is 7.30. The molecule has 68 heavy (non-hydrogen) atoms. The highest BCUT2D eigenvalue weighted by Gasteiger charge is 2.39. The van der Waals surface area contributed by atoms with Crippen molar-refractivity contribution in [3.63, 3.8) is 0 Å². The summed E-state index contributed by atoms with van der Waals surface area (Å²) >= 11 is 0. The Bertz CT molecular complexity index is 3340. The van der Waals surface area contributed by atoms with Crippen molar-refractivity contribution < 1.29 is 84.4 Å². The Balaban J connectivity index is 2.00. The fraction of sp³-hybridized carbons (Fsp3) is 0.378. The van der Waals surface area contributed by atoms with Gasteiger partial charge in [0.15, 0.2) is 16.2 Å². The number of rotatable bonds is 11. The quantitative estimate of drug-likeness (QED) is 0.0607. The van der Waals surface area contributed by atoms with Crippen molar-refractivity contribution in [2.45, 2.75) is 55.6 Å². The van der Waals surface area contributed by atoms with Gasteiger partial charge in [0.1, 0.15) is 40.3 Å². The first-order valence-electron chi connectivity index (χ1n) is 19.8. The smallest absolute Gasteiger partial charge is 0.336 e. The summed E-state index contributed by atoms with van der Waals surface area (Å²) in [6, 6.07) is 0.457. The number of anilines is 1. The van der Waals surface area contributed by atoms with Crippen molar-refractivity contribution in [2.24, 2.45) is 4.99 Å². The van der Waals surface area contributed by atoms with Crippen LogP contribution >= 0.6 is 0 Å². The number of nitrogens with zero attached hydrogens (tertiary/aromatic N) is 1. The minimum absolute atomic E-state index is 0.0457. The largest absolute Gasteiger partial charge is 0.478 e. The maximum Gasteiger partial charge on any atom is 0.336 e. The van der Waals surface area contributed by atoms with E-state index < -0.39 is 144 Å². The van der Waals surface area contributed by atoms with E-state index in [0.29, 0.717) is 0 Å². The van der Waals surface area contributed by atoms with Gasteiger partial charge < -0.3 is 30.8 Å². The van der Waals surface area contributed by atoms with E-state index in [1.54, 1.807) is 22.3 Å². The molecular weight excluding hydrogens is 1010 g/mol. The Morgan fingerprint density at radius 3 is 1.88 bits per heavy atom. The number of hydrogen-bond acceptors (Lipinski definition) is 17. The van der Waals surface area contributed by atoms with Crippen LogP contribution in [0.15, 0.2) is 55.6 Å². The van der Waals surface area contributed by atoms with Crippen molar-refractivity contribution in [2.75, 3.05) is 48.8 Å². The molecule has 10 N–H and O–H groups in total. The van der Waals surface area contributed by atoms with Crippen LogP contribution in [-0.2, 0) is 64.8 Å². The highest BCUT2D eigenvalue weighted by molar-refractivity contribution is 7.90. The predicted octanol–water partition coefficient (Wildman–Crippen LogP) is -1.44. The molecule has 2 aromatic rings. The zero-order chi connectivity index (χ0) is 50.9. The lowest BCUT2D eigenvalue weighted by atomic mass is 9.89. The first-order valence-corrected chi connectivity index (χ1v) is 27.6. The Morgan fingerprint density at radius 2 is 1.32 bits per heavy atom. The zero-order valence-corrected chi connectivity index (χ0v) is 40.1. The van der Waals surface area contributed by atoms with Crippen LogP contribution < -0.4 is 36.1 Å². The number of nitrogens with one attached hydrogen (secondary N) is 6. The van der Waals surface area contributed by atoms with Gasteiger partial charge in [0.05, 0.1) is 16.6 Å². The summed E-state index contributed by atoms with van der Waals surface area (Å²) < 4.78 is 172. The number of sulfonamides is 2. The van der Waals surface area contributed by atoms with E-state index in [9.17, 15) is 71.6 Å². The van der Waals surface area contributed by atoms with Crippen molar-refractivity contribution in [1.82, 2.24) is 25.4 Å². The second-order valence-corrected chi connectivity index (χ2v) is 22.9. The number of carboxylic acid groups (broad SMARTS) is 1. The van der Waals surface area contributed by atoms with Gasteiger partial charge in [-0.2, -0.15) is 30.0 Å². The van der Waals surface area contributed by atoms with Gasteiger partial charge in [0.2, 0.25) is 37.8 Å². The molecule has 3 unspecified atom stereocenters. The summed E-state index contributed by atoms with van der Waals surface area (Å²) in [6.45, 7) is 4.42. The minimum atomic E-state index is -5.56. The van der Waals surface area contributed by atoms with Crippen LogP contribution in [0.5, 0.6) is 0 Å². The number of carbonyl (C=O) groups excluding carboxylic acids is 3. The molecule has 31 heteroatoms. The summed E-state index contributed by atoms with van der Waals surface area (Å²) in [5, 5.41) is 18.4. The SMILES string of the molecule is CCN=c1c(C)cc2c(-c3ccccc3C(=O)O)c3cc(C)c(NCC)c4c3oc-2c1S(=O)(=O)NCCNC(=O)C(CS(=O)(=O)O)NC(=O)C(CS(=O)(=O)O)NC(=O)C(CS(=O)(=O)O)NS4(=O)=O. The summed E-state index contributed by atoms with van der Waals surface area (Å²) in [7, 11) is -26.5. The van der Waals surface area contributed by atoms with Crippen LogP contribution in [0.2, 0.25) is 0 Å². The third-order valence-electron chi connectivity index (χ3n) is 9.94.